The van der Waals surface area contributed by atoms with E-state index in [0.717, 1.165) is 4.90 Å². The highest BCUT2D eigenvalue weighted by atomic mass is 35.5. The van der Waals surface area contributed by atoms with Crippen LogP contribution in [-0.2, 0) is 19.1 Å². The summed E-state index contributed by atoms with van der Waals surface area (Å²) in [6.07, 6.45) is -0.226. The summed E-state index contributed by atoms with van der Waals surface area (Å²) in [6, 6.07) is 10.4. The number of amides is 2. The molecule has 35 heavy (non-hydrogen) atoms. The molecule has 9 nitrogen and oxygen atoms in total. The van der Waals surface area contributed by atoms with E-state index in [1.807, 2.05) is 0 Å². The number of carbonyl (C=O) groups is 2. The summed E-state index contributed by atoms with van der Waals surface area (Å²) >= 11 is 6.34. The largest absolute Gasteiger partial charge is 0.508 e. The number of nitrogens with zero attached hydrogens (tertiary/aromatic N) is 1. The maximum Gasteiger partial charge on any atom is 0.488 e. The van der Waals surface area contributed by atoms with Gasteiger partial charge in [-0.25, -0.2) is 0 Å². The first-order valence-corrected chi connectivity index (χ1v) is 11.7. The molecule has 2 aromatic rings. The molecule has 2 aromatic carbocycles. The van der Waals surface area contributed by atoms with E-state index >= 15 is 0 Å². The Labute approximate surface area is 207 Å². The van der Waals surface area contributed by atoms with Crippen LogP contribution in [0.1, 0.15) is 24.5 Å². The average Bonchev–Trinajstić information content (AvgIpc) is 3.28. The standard InChI is InChI=1S/C24H25BClNO8/c1-34-11-12-7-17-21(23(30)27(22(17)29)14-4-2-3-13(8-14)25(32)33)18-10-20(35-24(12,18)31)16-6-5-15(28)9-19(16)26/h2-6,8-9,12,17-18,20-21,28,31-33H,7,10-11H2,1H3/t12-,17+,18+,20+,21+,24-/m1/s1. The lowest BCUT2D eigenvalue weighted by Gasteiger charge is -2.44. The highest BCUT2D eigenvalue weighted by Gasteiger charge is 2.67. The van der Waals surface area contributed by atoms with Crippen molar-refractivity contribution < 1.29 is 39.3 Å². The molecule has 0 radical (unpaired) electrons. The molecular formula is C24H25BClNO8. The third-order valence-electron chi connectivity index (χ3n) is 7.49. The first-order chi connectivity index (χ1) is 16.7. The Kier molecular flexibility index (Phi) is 6.15. The topological polar surface area (TPSA) is 137 Å². The Bertz CT molecular complexity index is 1180. The molecule has 1 aliphatic carbocycles. The fraction of sp³-hybridized carbons (Fsp3) is 0.417. The molecule has 2 heterocycles. The number of phenolic OH excluding ortho intramolecular Hbond substituents is 1. The lowest BCUT2D eigenvalue weighted by molar-refractivity contribution is -0.275. The highest BCUT2D eigenvalue weighted by Crippen LogP contribution is 2.59. The maximum atomic E-state index is 13.7. The number of ether oxygens (including phenoxy) is 2. The summed E-state index contributed by atoms with van der Waals surface area (Å²) in [5.41, 5.74) is 0.958. The third kappa shape index (κ3) is 3.85. The molecule has 2 saturated heterocycles. The smallest absolute Gasteiger partial charge is 0.488 e. The van der Waals surface area contributed by atoms with Gasteiger partial charge in [0.25, 0.3) is 0 Å². The van der Waals surface area contributed by atoms with Gasteiger partial charge in [0.15, 0.2) is 5.79 Å². The maximum absolute atomic E-state index is 13.7. The van der Waals surface area contributed by atoms with E-state index in [2.05, 4.69) is 0 Å². The Morgan fingerprint density at radius 3 is 2.63 bits per heavy atom. The first-order valence-electron chi connectivity index (χ1n) is 11.4. The molecule has 2 aliphatic heterocycles. The van der Waals surface area contributed by atoms with E-state index in [1.54, 1.807) is 12.1 Å². The van der Waals surface area contributed by atoms with Crippen LogP contribution in [0.5, 0.6) is 5.75 Å². The van der Waals surface area contributed by atoms with Crippen molar-refractivity contribution in [3.05, 3.63) is 53.1 Å². The quantitative estimate of drug-likeness (QED) is 0.351. The normalized spacial score (nSPS) is 32.0. The van der Waals surface area contributed by atoms with Crippen molar-refractivity contribution in [1.82, 2.24) is 0 Å². The molecule has 4 N–H and O–H groups in total. The number of benzene rings is 2. The average molecular weight is 502 g/mol. The molecule has 184 valence electrons. The number of imide groups is 1. The first kappa shape index (κ1) is 24.2. The Balaban J connectivity index is 1.53. The van der Waals surface area contributed by atoms with Crippen LogP contribution >= 0.6 is 11.6 Å². The van der Waals surface area contributed by atoms with Crippen LogP contribution < -0.4 is 10.4 Å². The number of aliphatic hydroxyl groups is 1. The van der Waals surface area contributed by atoms with E-state index < -0.39 is 54.5 Å². The number of carbonyl (C=O) groups excluding carboxylic acids is 2. The molecule has 11 heteroatoms. The van der Waals surface area contributed by atoms with E-state index in [0.29, 0.717) is 5.56 Å². The second-order valence-corrected chi connectivity index (χ2v) is 9.81. The fourth-order valence-electron chi connectivity index (χ4n) is 5.93. The van der Waals surface area contributed by atoms with Gasteiger partial charge in [-0.2, -0.15) is 0 Å². The zero-order chi connectivity index (χ0) is 25.1. The SMILES string of the molecule is COC[C@H]1C[C@@H]2C(=O)N(c3cccc(B(O)O)c3)C(=O)[C@@H]2[C@@H]2C[C@@H](c3ccc(O)cc3Cl)O[C@]12O. The number of halogens is 1. The Morgan fingerprint density at radius 2 is 1.94 bits per heavy atom. The zero-order valence-corrected chi connectivity index (χ0v) is 19.6. The van der Waals surface area contributed by atoms with Crippen molar-refractivity contribution in [3.8, 4) is 5.75 Å². The highest BCUT2D eigenvalue weighted by molar-refractivity contribution is 6.58. The summed E-state index contributed by atoms with van der Waals surface area (Å²) in [4.78, 5) is 28.2. The van der Waals surface area contributed by atoms with Gasteiger partial charge in [0.05, 0.1) is 35.3 Å². The minimum atomic E-state index is -1.75. The van der Waals surface area contributed by atoms with Crippen LogP contribution in [0, 0.1) is 23.7 Å². The van der Waals surface area contributed by atoms with Gasteiger partial charge in [-0.05, 0) is 48.1 Å². The van der Waals surface area contributed by atoms with Gasteiger partial charge in [-0.3, -0.25) is 14.5 Å². The number of fused-ring (bicyclic) bond motifs is 3. The number of hydrogen-bond donors (Lipinski definition) is 4. The number of phenols is 1. The van der Waals surface area contributed by atoms with Crippen LogP contribution in [0.4, 0.5) is 5.69 Å². The van der Waals surface area contributed by atoms with E-state index in [1.165, 1.54) is 37.4 Å². The van der Waals surface area contributed by atoms with Gasteiger partial charge in [-0.15, -0.1) is 0 Å². The van der Waals surface area contributed by atoms with E-state index in [9.17, 15) is 29.9 Å². The van der Waals surface area contributed by atoms with Crippen LogP contribution in [0.2, 0.25) is 5.02 Å². The lowest BCUT2D eigenvalue weighted by Crippen LogP contribution is -2.54. The van der Waals surface area contributed by atoms with Crippen LogP contribution in [0.25, 0.3) is 0 Å². The molecule has 0 aromatic heterocycles. The number of anilines is 1. The fourth-order valence-corrected chi connectivity index (χ4v) is 6.22. The van der Waals surface area contributed by atoms with Gasteiger partial charge in [-0.1, -0.05) is 29.8 Å². The van der Waals surface area contributed by atoms with Crippen molar-refractivity contribution in [2.45, 2.75) is 24.7 Å². The Morgan fingerprint density at radius 1 is 1.17 bits per heavy atom. The molecule has 0 spiro atoms. The van der Waals surface area contributed by atoms with Crippen molar-refractivity contribution in [2.75, 3.05) is 18.6 Å². The Hall–Kier alpha value is -2.47. The molecule has 3 fully saturated rings. The van der Waals surface area contributed by atoms with Crippen LogP contribution in [-0.4, -0.2) is 58.7 Å². The molecule has 0 unspecified atom stereocenters. The third-order valence-corrected chi connectivity index (χ3v) is 7.82. The molecule has 0 bridgehead atoms. The number of rotatable bonds is 5. The minimum absolute atomic E-state index is 0.00682. The monoisotopic (exact) mass is 501 g/mol. The summed E-state index contributed by atoms with van der Waals surface area (Å²) < 4.78 is 11.5. The van der Waals surface area contributed by atoms with Crippen molar-refractivity contribution >= 4 is 41.7 Å². The number of aromatic hydroxyl groups is 1. The van der Waals surface area contributed by atoms with Crippen LogP contribution in [0.3, 0.4) is 0 Å². The van der Waals surface area contributed by atoms with Crippen LogP contribution in [0.15, 0.2) is 42.5 Å². The lowest BCUT2D eigenvalue weighted by atomic mass is 9.64. The molecule has 6 atom stereocenters. The minimum Gasteiger partial charge on any atom is -0.508 e. The van der Waals surface area contributed by atoms with Gasteiger partial charge in [0.1, 0.15) is 5.75 Å². The molecule has 3 aliphatic rings. The van der Waals surface area contributed by atoms with Crippen molar-refractivity contribution in [3.63, 3.8) is 0 Å². The van der Waals surface area contributed by atoms with Crippen molar-refractivity contribution in [1.29, 1.82) is 0 Å². The van der Waals surface area contributed by atoms with Gasteiger partial charge < -0.3 is 29.7 Å². The van der Waals surface area contributed by atoms with Crippen molar-refractivity contribution in [2.24, 2.45) is 23.7 Å². The number of hydrogen-bond acceptors (Lipinski definition) is 8. The second-order valence-electron chi connectivity index (χ2n) is 9.41. The summed E-state index contributed by atoms with van der Waals surface area (Å²) in [5, 5.41) is 40.8. The predicted molar refractivity (Wildman–Crippen MR) is 126 cm³/mol. The predicted octanol–water partition coefficient (Wildman–Crippen LogP) is 0.964. The van der Waals surface area contributed by atoms with E-state index in [-0.39, 0.29) is 41.4 Å². The van der Waals surface area contributed by atoms with Gasteiger partial charge in [0, 0.05) is 18.9 Å². The molecule has 2 amide bonds. The number of methoxy groups -OCH3 is 1. The van der Waals surface area contributed by atoms with Gasteiger partial charge >= 0.3 is 7.12 Å². The second kappa shape index (κ2) is 8.88. The van der Waals surface area contributed by atoms with E-state index in [4.69, 9.17) is 21.1 Å². The summed E-state index contributed by atoms with van der Waals surface area (Å²) in [6.45, 7) is 0.125. The summed E-state index contributed by atoms with van der Waals surface area (Å²) in [7, 11) is -0.256. The summed E-state index contributed by atoms with van der Waals surface area (Å²) in [5.74, 6) is -5.39. The molecule has 1 saturated carbocycles. The molecule has 5 rings (SSSR count). The molecular weight excluding hydrogens is 477 g/mol. The van der Waals surface area contributed by atoms with Gasteiger partial charge in [0.2, 0.25) is 11.8 Å². The zero-order valence-electron chi connectivity index (χ0n) is 18.9.